The van der Waals surface area contributed by atoms with E-state index in [9.17, 15) is 101 Å². The van der Waals surface area contributed by atoms with Crippen LogP contribution in [0.4, 0.5) is 86.3 Å². The molecule has 0 unspecified atom stereocenters. The number of rotatable bonds is 12. The van der Waals surface area contributed by atoms with E-state index in [2.05, 4.69) is 62.3 Å². The molecule has 0 heterocycles. The van der Waals surface area contributed by atoms with Gasteiger partial charge in [-0.25, -0.2) is 0 Å². The first-order valence-corrected chi connectivity index (χ1v) is 28.7. The third kappa shape index (κ3) is 76.2. The van der Waals surface area contributed by atoms with Crippen LogP contribution in [0.15, 0.2) is 218 Å². The van der Waals surface area contributed by atoms with Gasteiger partial charge in [-0.15, -0.1) is 0 Å². The Morgan fingerprint density at radius 3 is 0.415 bits per heavy atom. The quantitative estimate of drug-likeness (QED) is 0.0531. The molecule has 0 spiro atoms. The third-order valence-electron chi connectivity index (χ3n) is 9.69. The largest absolute Gasteiger partial charge is 2.00 e. The van der Waals surface area contributed by atoms with Gasteiger partial charge in [-0.3, -0.25) is 14.4 Å². The predicted molar refractivity (Wildman–Crippen MR) is 346 cm³/mol. The topological polar surface area (TPSA) is 51.2 Å². The molecule has 0 bridgehead atoms. The van der Waals surface area contributed by atoms with Crippen molar-refractivity contribution in [2.75, 3.05) is 0 Å². The van der Waals surface area contributed by atoms with E-state index in [-0.39, 0.29) is 58.2 Å². The van der Waals surface area contributed by atoms with Crippen molar-refractivity contribution in [1.29, 1.82) is 0 Å². The minimum Gasteiger partial charge on any atom is -0.418 e. The van der Waals surface area contributed by atoms with Gasteiger partial charge in [0.2, 0.25) is 0 Å². The number of benzene rings is 6. The Kier molecular flexibility index (Phi) is 50.2. The normalized spacial score (nSPS) is 11.7. The zero-order valence-corrected chi connectivity index (χ0v) is 56.2. The van der Waals surface area contributed by atoms with Crippen molar-refractivity contribution in [3.05, 3.63) is 252 Å². The predicted octanol–water partition coefficient (Wildman–Crippen LogP) is 23.0. The van der Waals surface area contributed by atoms with E-state index in [0.29, 0.717) is 15.5 Å². The summed E-state index contributed by atoms with van der Waals surface area (Å²) in [5.41, 5.74) is 6.16. The fraction of sp³-hybridized carbons (Fsp3) is 0.190. The summed E-state index contributed by atoms with van der Waals surface area (Å²) in [6.45, 7) is 21.6. The van der Waals surface area contributed by atoms with E-state index in [1.165, 1.54) is 0 Å². The maximum Gasteiger partial charge on any atom is 2.00 e. The van der Waals surface area contributed by atoms with Crippen molar-refractivity contribution < 1.29 is 142 Å². The summed E-state index contributed by atoms with van der Waals surface area (Å²) >= 11 is 0. The summed E-state index contributed by atoms with van der Waals surface area (Å²) in [5.74, 6) is -0.0341. The second-order valence-electron chi connectivity index (χ2n) is 21.3. The number of halogens is 20. The molecule has 31 heteroatoms. The van der Waals surface area contributed by atoms with Crippen LogP contribution < -0.4 is 0 Å². The van der Waals surface area contributed by atoms with Gasteiger partial charge in [0.25, 0.3) is 0 Å². The summed E-state index contributed by atoms with van der Waals surface area (Å²) in [5, 5.41) is 1.46. The fourth-order valence-corrected chi connectivity index (χ4v) is 14.7. The number of hydrogen-bond donors (Lipinski definition) is 0. The van der Waals surface area contributed by atoms with Gasteiger partial charge < -0.3 is 86.3 Å². The van der Waals surface area contributed by atoms with Crippen LogP contribution in [0.1, 0.15) is 95.7 Å². The zero-order chi connectivity index (χ0) is 71.5. The Bertz CT molecular complexity index is 2580. The van der Waals surface area contributed by atoms with Crippen LogP contribution in [0.3, 0.4) is 0 Å². The minimum absolute atomic E-state index is 0. The Morgan fingerprint density at radius 2 is 0.340 bits per heavy atom. The molecule has 0 amide bonds. The second-order valence-corrected chi connectivity index (χ2v) is 26.5. The van der Waals surface area contributed by atoms with Gasteiger partial charge in [-0.1, -0.05) is 218 Å². The number of ketones is 3. The molecule has 0 aliphatic rings. The zero-order valence-electron chi connectivity index (χ0n) is 52.1. The van der Waals surface area contributed by atoms with Crippen LogP contribution in [-0.2, 0) is 55.2 Å². The first-order chi connectivity index (χ1) is 41.9. The molecule has 3 nitrogen and oxygen atoms in total. The SMILES string of the molecule is CC(C)(C)[PH+](C(C)(C)C)C(C)(C)C.F[B-](F)(F)F.F[B-](F)(F)F.F[B-](F)(F)F.F[B-](F)(F)F.F[B-](F)(F)F.O=C(C=Cc1ccccc1)C=Cc1ccccc1.O=C(C=Cc1ccccc1)C=Cc1ccccc1.O=C(C=Cc1ccccc1)C=Cc1ccccc1.[Pd+2].[Pd+2]. The van der Waals surface area contributed by atoms with Crippen molar-refractivity contribution in [1.82, 2.24) is 0 Å². The van der Waals surface area contributed by atoms with Gasteiger partial charge >= 0.3 is 77.1 Å². The Hall–Kier alpha value is -6.55. The average molecular weight is 1550 g/mol. The fourth-order valence-electron chi connectivity index (χ4n) is 8.00. The molecule has 6 rings (SSSR count). The van der Waals surface area contributed by atoms with Crippen LogP contribution in [-0.4, -0.2) is 69.1 Å². The summed E-state index contributed by atoms with van der Waals surface area (Å²) in [7, 11) is -30.4. The van der Waals surface area contributed by atoms with Gasteiger partial charge in [0, 0.05) is 7.92 Å². The van der Waals surface area contributed by atoms with Crippen LogP contribution in [0.2, 0.25) is 0 Å². The standard InChI is InChI=1S/3C17H14O.C12H27P.5BF4.2Pd/c3*18-17(13-11-15-7-3-1-4-8-15)14-12-16-9-5-2-6-10-16;1-10(2,3)13(11(4,5)6)12(7,8)9;5*2-1(3,4)5;;/h3*1-14H;1-9H3;;;;;;;/q;;;;5*-1;2*+2/p+1. The number of carbonyl (C=O) groups excluding carboxylic acids is 3. The molecule has 94 heavy (non-hydrogen) atoms. The van der Waals surface area contributed by atoms with Gasteiger partial charge in [0.15, 0.2) is 17.3 Å². The van der Waals surface area contributed by atoms with E-state index in [1.807, 2.05) is 218 Å². The summed E-state index contributed by atoms with van der Waals surface area (Å²) < 4.78 is 195. The second kappa shape index (κ2) is 49.0. The van der Waals surface area contributed by atoms with Crippen molar-refractivity contribution in [2.45, 2.75) is 77.8 Å². The Morgan fingerprint density at radius 1 is 0.245 bits per heavy atom. The van der Waals surface area contributed by atoms with Crippen LogP contribution in [0.25, 0.3) is 36.5 Å². The minimum atomic E-state index is -6.00. The van der Waals surface area contributed by atoms with E-state index >= 15 is 0 Å². The molecule has 0 aliphatic carbocycles. The van der Waals surface area contributed by atoms with Gasteiger partial charge in [0.1, 0.15) is 0 Å². The monoisotopic (exact) mass is 1550 g/mol. The molecule has 0 aliphatic heterocycles. The van der Waals surface area contributed by atoms with E-state index < -0.39 is 44.2 Å². The molecule has 520 valence electrons. The molecule has 0 saturated carbocycles. The molecule has 0 N–H and O–H groups in total. The number of carbonyl (C=O) groups is 3. The van der Waals surface area contributed by atoms with Gasteiger partial charge in [0.05, 0.1) is 15.5 Å². The maximum atomic E-state index is 11.6. The van der Waals surface area contributed by atoms with Crippen LogP contribution >= 0.6 is 7.92 Å². The molecule has 0 saturated heterocycles. The van der Waals surface area contributed by atoms with Crippen molar-refractivity contribution in [3.8, 4) is 0 Å². The summed E-state index contributed by atoms with van der Waals surface area (Å²) in [4.78, 5) is 34.8. The van der Waals surface area contributed by atoms with Crippen molar-refractivity contribution in [2.24, 2.45) is 0 Å². The number of hydrogen-bond acceptors (Lipinski definition) is 3. The maximum absolute atomic E-state index is 11.6. The first-order valence-electron chi connectivity index (χ1n) is 27.2. The number of allylic oxidation sites excluding steroid dienone is 6. The molecule has 0 aromatic heterocycles. The molecule has 6 aromatic carbocycles. The van der Waals surface area contributed by atoms with E-state index in [0.717, 1.165) is 33.4 Å². The van der Waals surface area contributed by atoms with Crippen LogP contribution in [0, 0.1) is 0 Å². The molecular weight excluding hydrogens is 1480 g/mol. The molecule has 0 radical (unpaired) electrons. The van der Waals surface area contributed by atoms with Gasteiger partial charge in [-0.2, -0.15) is 0 Å². The molecule has 0 fully saturated rings. The Labute approximate surface area is 566 Å². The smallest absolute Gasteiger partial charge is 0.418 e. The van der Waals surface area contributed by atoms with Gasteiger partial charge in [-0.05, 0) is 132 Å². The molecular formula is C63H70B5F20O3PPd2. The third-order valence-corrected chi connectivity index (χ3v) is 14.2. The Balaban J connectivity index is -0.000000333. The summed E-state index contributed by atoms with van der Waals surface area (Å²) in [6, 6.07) is 58.7. The first kappa shape index (κ1) is 96.1. The van der Waals surface area contributed by atoms with Crippen LogP contribution in [0.5, 0.6) is 0 Å². The molecule has 6 aromatic rings. The van der Waals surface area contributed by atoms with Crippen molar-refractivity contribution >= 4 is 98.0 Å². The summed E-state index contributed by atoms with van der Waals surface area (Å²) in [6.07, 6.45) is 20.4. The molecule has 0 atom stereocenters. The van der Waals surface area contributed by atoms with E-state index in [4.69, 9.17) is 0 Å². The van der Waals surface area contributed by atoms with E-state index in [1.54, 1.807) is 36.5 Å². The average Bonchev–Trinajstić information content (AvgIpc) is 0.800. The van der Waals surface area contributed by atoms with Crippen molar-refractivity contribution in [3.63, 3.8) is 0 Å².